The summed E-state index contributed by atoms with van der Waals surface area (Å²) in [5.41, 5.74) is -0.813. The van der Waals surface area contributed by atoms with Gasteiger partial charge in [0.2, 0.25) is 0 Å². The average molecular weight is 438 g/mol. The number of nitrogens with zero attached hydrogens (tertiary/aromatic N) is 2. The quantitative estimate of drug-likeness (QED) is 0.677. The van der Waals surface area contributed by atoms with Crippen LogP contribution in [0.5, 0.6) is 0 Å². The van der Waals surface area contributed by atoms with Crippen LogP contribution >= 0.6 is 11.7 Å². The van der Waals surface area contributed by atoms with Crippen LogP contribution in [0.2, 0.25) is 0 Å². The summed E-state index contributed by atoms with van der Waals surface area (Å²) in [6.07, 6.45) is 3.65. The van der Waals surface area contributed by atoms with E-state index in [1.807, 2.05) is 0 Å². The van der Waals surface area contributed by atoms with Gasteiger partial charge < -0.3 is 10.6 Å². The minimum atomic E-state index is -3.67. The third kappa shape index (κ3) is 3.21. The maximum Gasteiger partial charge on any atom is 0.277 e. The number of rotatable bonds is 3. The molecule has 2 fully saturated rings. The predicted molar refractivity (Wildman–Crippen MR) is 107 cm³/mol. The van der Waals surface area contributed by atoms with Crippen molar-refractivity contribution in [3.05, 3.63) is 41.5 Å². The van der Waals surface area contributed by atoms with Gasteiger partial charge in [0, 0.05) is 11.3 Å². The number of hydrogen-bond donors (Lipinski definition) is 3. The molecule has 2 aromatic rings. The Kier molecular flexibility index (Phi) is 4.69. The maximum absolute atomic E-state index is 14.7. The minimum absolute atomic E-state index is 0.0767. The molecule has 2 aliphatic rings. The van der Waals surface area contributed by atoms with Gasteiger partial charge in [0.15, 0.2) is 15.5 Å². The Balaban J connectivity index is 1.67. The molecule has 29 heavy (non-hydrogen) atoms. The molecule has 154 valence electrons. The van der Waals surface area contributed by atoms with Crippen LogP contribution in [0, 0.1) is 11.2 Å². The van der Waals surface area contributed by atoms with Gasteiger partial charge in [0.05, 0.1) is 29.2 Å². The predicted octanol–water partition coefficient (Wildman–Crippen LogP) is 2.45. The molecule has 0 radical (unpaired) electrons. The fraction of sp³-hybridized carbons (Fsp3) is 0.444. The van der Waals surface area contributed by atoms with Crippen molar-refractivity contribution < 1.29 is 17.6 Å². The first-order valence-corrected chi connectivity index (χ1v) is 11.5. The maximum atomic E-state index is 14.7. The Morgan fingerprint density at radius 2 is 2.07 bits per heavy atom. The fourth-order valence-corrected chi connectivity index (χ4v) is 7.19. The highest BCUT2D eigenvalue weighted by atomic mass is 32.2. The number of amidine groups is 1. The Morgan fingerprint density at radius 1 is 1.34 bits per heavy atom. The summed E-state index contributed by atoms with van der Waals surface area (Å²) in [6.45, 7) is 1.56. The van der Waals surface area contributed by atoms with Crippen LogP contribution < -0.4 is 10.6 Å². The lowest BCUT2D eigenvalue weighted by Crippen LogP contribution is -2.65. The molecule has 4 rings (SSSR count). The summed E-state index contributed by atoms with van der Waals surface area (Å²) in [5, 5.41) is 14.0. The zero-order valence-corrected chi connectivity index (χ0v) is 17.3. The van der Waals surface area contributed by atoms with Crippen molar-refractivity contribution in [3.8, 4) is 0 Å². The minimum Gasteiger partial charge on any atom is -0.362 e. The summed E-state index contributed by atoms with van der Waals surface area (Å²) in [7, 11) is -3.67. The van der Waals surface area contributed by atoms with Crippen LogP contribution in [0.1, 0.15) is 48.7 Å². The monoisotopic (exact) mass is 437 g/mol. The van der Waals surface area contributed by atoms with E-state index in [4.69, 9.17) is 5.41 Å². The molecule has 1 amide bonds. The fourth-order valence-electron chi connectivity index (χ4n) is 4.24. The highest BCUT2D eigenvalue weighted by molar-refractivity contribution is 7.93. The molecule has 1 atom stereocenters. The van der Waals surface area contributed by atoms with E-state index in [0.29, 0.717) is 18.5 Å². The first kappa shape index (κ1) is 19.9. The van der Waals surface area contributed by atoms with Gasteiger partial charge in [-0.05, 0) is 38.0 Å². The van der Waals surface area contributed by atoms with Gasteiger partial charge in [-0.2, -0.15) is 8.75 Å². The van der Waals surface area contributed by atoms with Crippen LogP contribution in [0.15, 0.2) is 24.4 Å². The van der Waals surface area contributed by atoms with Gasteiger partial charge in [0.25, 0.3) is 5.91 Å². The Labute approximate surface area is 171 Å². The molecule has 11 heteroatoms. The Hall–Kier alpha value is -2.40. The van der Waals surface area contributed by atoms with Crippen LogP contribution in [0.25, 0.3) is 0 Å². The molecule has 1 aliphatic carbocycles. The van der Waals surface area contributed by atoms with Crippen molar-refractivity contribution >= 4 is 39.0 Å². The van der Waals surface area contributed by atoms with Crippen molar-refractivity contribution in [3.63, 3.8) is 0 Å². The van der Waals surface area contributed by atoms with Crippen LogP contribution in [0.4, 0.5) is 10.1 Å². The summed E-state index contributed by atoms with van der Waals surface area (Å²) >= 11 is 0.894. The van der Waals surface area contributed by atoms with E-state index in [1.165, 1.54) is 24.4 Å². The average Bonchev–Trinajstić information content (AvgIpc) is 3.34. The number of benzene rings is 1. The zero-order valence-electron chi connectivity index (χ0n) is 15.7. The van der Waals surface area contributed by atoms with Crippen molar-refractivity contribution in [2.45, 2.75) is 42.9 Å². The topological polar surface area (TPSA) is 125 Å². The molecule has 1 aliphatic heterocycles. The number of carbonyl (C=O) groups is 1. The second-order valence-electron chi connectivity index (χ2n) is 7.73. The van der Waals surface area contributed by atoms with Crippen LogP contribution in [-0.4, -0.2) is 39.4 Å². The van der Waals surface area contributed by atoms with Crippen molar-refractivity contribution in [1.82, 2.24) is 14.1 Å². The second-order valence-corrected chi connectivity index (χ2v) is 10.6. The Bertz CT molecular complexity index is 1080. The van der Waals surface area contributed by atoms with E-state index in [9.17, 15) is 17.6 Å². The van der Waals surface area contributed by atoms with Crippen molar-refractivity contribution in [1.29, 1.82) is 5.41 Å². The highest BCUT2D eigenvalue weighted by Gasteiger charge is 2.57. The summed E-state index contributed by atoms with van der Waals surface area (Å²) in [6, 6.07) is 3.96. The Morgan fingerprint density at radius 3 is 2.69 bits per heavy atom. The van der Waals surface area contributed by atoms with E-state index >= 15 is 0 Å². The van der Waals surface area contributed by atoms with Crippen LogP contribution in [0.3, 0.4) is 0 Å². The lowest BCUT2D eigenvalue weighted by atomic mass is 9.90. The van der Waals surface area contributed by atoms with E-state index in [0.717, 1.165) is 24.6 Å². The van der Waals surface area contributed by atoms with Gasteiger partial charge in [-0.25, -0.2) is 12.8 Å². The van der Waals surface area contributed by atoms with Gasteiger partial charge in [0.1, 0.15) is 16.4 Å². The van der Waals surface area contributed by atoms with Crippen LogP contribution in [-0.2, 0) is 15.4 Å². The zero-order chi connectivity index (χ0) is 20.9. The molecule has 1 aromatic heterocycles. The van der Waals surface area contributed by atoms with E-state index in [-0.39, 0.29) is 22.8 Å². The van der Waals surface area contributed by atoms with Crippen molar-refractivity contribution in [2.75, 3.05) is 11.1 Å². The smallest absolute Gasteiger partial charge is 0.277 e. The standard InChI is InChI=1S/C18H20FN5O3S2/c1-17(10-29(26,27)18(16(20)23-17)6-2-3-7-18)12-8-11(4-5-13(12)19)22-15(25)14-9-21-28-24-14/h4-5,8-9H,2-3,6-7,10H2,1H3,(H2,20,23)(H,22,25)/t17-/m0/s1. The summed E-state index contributed by atoms with van der Waals surface area (Å²) in [5.74, 6) is -1.51. The summed E-state index contributed by atoms with van der Waals surface area (Å²) in [4.78, 5) is 12.2. The van der Waals surface area contributed by atoms with Gasteiger partial charge in [-0.1, -0.05) is 12.8 Å². The van der Waals surface area contributed by atoms with Gasteiger partial charge in [-0.15, -0.1) is 0 Å². The first-order valence-electron chi connectivity index (χ1n) is 9.15. The number of sulfone groups is 1. The van der Waals surface area contributed by atoms with Crippen molar-refractivity contribution in [2.24, 2.45) is 0 Å². The van der Waals surface area contributed by atoms with E-state index < -0.39 is 31.8 Å². The molecule has 3 N–H and O–H groups in total. The normalized spacial score (nSPS) is 25.0. The molecule has 1 spiro atoms. The third-order valence-corrected chi connectivity index (χ3v) is 8.99. The third-order valence-electron chi connectivity index (χ3n) is 5.75. The molecular weight excluding hydrogens is 417 g/mol. The van der Waals surface area contributed by atoms with E-state index in [2.05, 4.69) is 19.4 Å². The number of halogens is 1. The number of amides is 1. The number of carbonyl (C=O) groups excluding carboxylic acids is 1. The number of aromatic nitrogens is 2. The number of nitrogens with one attached hydrogen (secondary N) is 3. The molecular formula is C18H20FN5O3S2. The summed E-state index contributed by atoms with van der Waals surface area (Å²) < 4.78 is 47.4. The molecule has 0 bridgehead atoms. The lowest BCUT2D eigenvalue weighted by molar-refractivity contribution is 0.102. The van der Waals surface area contributed by atoms with Gasteiger partial charge in [-0.3, -0.25) is 10.2 Å². The van der Waals surface area contributed by atoms with Gasteiger partial charge >= 0.3 is 0 Å². The molecule has 2 heterocycles. The largest absolute Gasteiger partial charge is 0.362 e. The number of hydrogen-bond acceptors (Lipinski definition) is 7. The number of anilines is 1. The highest BCUT2D eigenvalue weighted by Crippen LogP contribution is 2.44. The SMILES string of the molecule is C[C@@]1(c2cc(NC(=O)c3cnsn3)ccc2F)CS(=O)(=O)C2(CCCC2)C(=N)N1. The second kappa shape index (κ2) is 6.84. The lowest BCUT2D eigenvalue weighted by Gasteiger charge is -2.44. The molecule has 8 nitrogen and oxygen atoms in total. The molecule has 1 saturated carbocycles. The molecule has 1 aromatic carbocycles. The van der Waals surface area contributed by atoms with E-state index in [1.54, 1.807) is 6.92 Å². The first-order chi connectivity index (χ1) is 13.7. The molecule has 1 saturated heterocycles. The molecule has 0 unspecified atom stereocenters.